The van der Waals surface area contributed by atoms with E-state index in [1.807, 2.05) is 19.2 Å². The Balaban J connectivity index is 2.24. The molecule has 1 aliphatic rings. The van der Waals surface area contributed by atoms with Crippen LogP contribution in [0, 0.1) is 17.2 Å². The minimum Gasteiger partial charge on any atom is -0.313 e. The molecule has 2 atom stereocenters. The third kappa shape index (κ3) is 2.52. The maximum atomic E-state index is 13.0. The number of hydrogen-bond donors (Lipinski definition) is 1. The maximum absolute atomic E-state index is 13.0. The number of halogens is 1. The van der Waals surface area contributed by atoms with E-state index in [-0.39, 0.29) is 5.82 Å². The van der Waals surface area contributed by atoms with E-state index in [0.717, 1.165) is 0 Å². The molecule has 1 nitrogen and oxygen atoms in total. The summed E-state index contributed by atoms with van der Waals surface area (Å²) in [4.78, 5) is 0. The molecule has 17 heavy (non-hydrogen) atoms. The zero-order valence-electron chi connectivity index (χ0n) is 11.0. The van der Waals surface area contributed by atoms with Gasteiger partial charge in [-0.25, -0.2) is 4.39 Å². The van der Waals surface area contributed by atoms with E-state index in [1.54, 1.807) is 12.1 Å². The molecule has 1 aromatic carbocycles. The zero-order valence-corrected chi connectivity index (χ0v) is 11.0. The predicted molar refractivity (Wildman–Crippen MR) is 69.3 cm³/mol. The molecule has 0 aromatic heterocycles. The van der Waals surface area contributed by atoms with Crippen molar-refractivity contribution >= 4 is 0 Å². The maximum Gasteiger partial charge on any atom is 0.123 e. The van der Waals surface area contributed by atoms with Crippen LogP contribution in [-0.4, -0.2) is 7.05 Å². The van der Waals surface area contributed by atoms with E-state index in [1.165, 1.54) is 24.8 Å². The highest BCUT2D eigenvalue weighted by molar-refractivity contribution is 5.21. The molecule has 0 aliphatic heterocycles. The first-order valence-corrected chi connectivity index (χ1v) is 6.47. The van der Waals surface area contributed by atoms with Crippen LogP contribution in [0.15, 0.2) is 24.3 Å². The monoisotopic (exact) mass is 235 g/mol. The van der Waals surface area contributed by atoms with Gasteiger partial charge in [-0.1, -0.05) is 32.4 Å². The lowest BCUT2D eigenvalue weighted by Crippen LogP contribution is -2.31. The van der Waals surface area contributed by atoms with Gasteiger partial charge in [0.15, 0.2) is 0 Å². The molecular weight excluding hydrogens is 213 g/mol. The molecule has 2 heteroatoms. The fourth-order valence-electron chi connectivity index (χ4n) is 3.24. The summed E-state index contributed by atoms with van der Waals surface area (Å²) in [5, 5.41) is 3.41. The quantitative estimate of drug-likeness (QED) is 0.837. The second-order valence-corrected chi connectivity index (χ2v) is 5.81. The predicted octanol–water partition coefficient (Wildman–Crippen LogP) is 3.91. The van der Waals surface area contributed by atoms with Crippen LogP contribution in [0.2, 0.25) is 0 Å². The lowest BCUT2D eigenvalue weighted by molar-refractivity contribution is 0.203. The standard InChI is InChI=1S/C15H22FN/c1-15(2)10-4-5-13(15)14(17-3)11-6-8-12(16)9-7-11/h6-9,13-14,17H,4-5,10H2,1-3H3. The topological polar surface area (TPSA) is 12.0 Å². The van der Waals surface area contributed by atoms with Gasteiger partial charge in [0, 0.05) is 6.04 Å². The minimum atomic E-state index is -0.158. The number of benzene rings is 1. The Morgan fingerprint density at radius 3 is 2.41 bits per heavy atom. The fourth-order valence-corrected chi connectivity index (χ4v) is 3.24. The molecular formula is C15H22FN. The van der Waals surface area contributed by atoms with E-state index < -0.39 is 0 Å². The van der Waals surface area contributed by atoms with Gasteiger partial charge in [-0.15, -0.1) is 0 Å². The third-order valence-electron chi connectivity index (χ3n) is 4.28. The molecule has 94 valence electrons. The number of nitrogens with one attached hydrogen (secondary N) is 1. The first kappa shape index (κ1) is 12.6. The van der Waals surface area contributed by atoms with Crippen LogP contribution in [0.4, 0.5) is 4.39 Å². The first-order valence-electron chi connectivity index (χ1n) is 6.47. The Bertz CT molecular complexity index is 369. The second-order valence-electron chi connectivity index (χ2n) is 5.81. The molecule has 2 unspecified atom stereocenters. The summed E-state index contributed by atoms with van der Waals surface area (Å²) >= 11 is 0. The minimum absolute atomic E-state index is 0.158. The summed E-state index contributed by atoms with van der Waals surface area (Å²) in [6.07, 6.45) is 3.85. The van der Waals surface area contributed by atoms with Gasteiger partial charge < -0.3 is 5.32 Å². The summed E-state index contributed by atoms with van der Waals surface area (Å²) in [5.74, 6) is 0.479. The van der Waals surface area contributed by atoms with Gasteiger partial charge in [0.25, 0.3) is 0 Å². The Morgan fingerprint density at radius 1 is 1.29 bits per heavy atom. The van der Waals surface area contributed by atoms with E-state index in [4.69, 9.17) is 0 Å². The van der Waals surface area contributed by atoms with Crippen molar-refractivity contribution in [2.24, 2.45) is 11.3 Å². The van der Waals surface area contributed by atoms with Crippen LogP contribution in [0.5, 0.6) is 0 Å². The normalized spacial score (nSPS) is 24.8. The van der Waals surface area contributed by atoms with Crippen LogP contribution in [0.1, 0.15) is 44.7 Å². The van der Waals surface area contributed by atoms with Crippen molar-refractivity contribution < 1.29 is 4.39 Å². The van der Waals surface area contributed by atoms with Crippen molar-refractivity contribution in [3.05, 3.63) is 35.6 Å². The Hall–Kier alpha value is -0.890. The zero-order chi connectivity index (χ0) is 12.5. The molecule has 0 radical (unpaired) electrons. The summed E-state index contributed by atoms with van der Waals surface area (Å²) < 4.78 is 13.0. The van der Waals surface area contributed by atoms with Crippen molar-refractivity contribution in [2.75, 3.05) is 7.05 Å². The van der Waals surface area contributed by atoms with Crippen LogP contribution >= 0.6 is 0 Å². The first-order chi connectivity index (χ1) is 8.04. The molecule has 2 rings (SSSR count). The molecule has 1 aromatic rings. The van der Waals surface area contributed by atoms with Crippen molar-refractivity contribution in [1.29, 1.82) is 0 Å². The van der Waals surface area contributed by atoms with Gasteiger partial charge in [-0.2, -0.15) is 0 Å². The van der Waals surface area contributed by atoms with E-state index in [2.05, 4.69) is 19.2 Å². The highest BCUT2D eigenvalue weighted by Gasteiger charge is 2.39. The Morgan fingerprint density at radius 2 is 1.94 bits per heavy atom. The van der Waals surface area contributed by atoms with Gasteiger partial charge in [-0.3, -0.25) is 0 Å². The highest BCUT2D eigenvalue weighted by atomic mass is 19.1. The molecule has 0 saturated heterocycles. The molecule has 0 bridgehead atoms. The number of rotatable bonds is 3. The van der Waals surface area contributed by atoms with Gasteiger partial charge >= 0.3 is 0 Å². The van der Waals surface area contributed by atoms with Crippen molar-refractivity contribution in [3.63, 3.8) is 0 Å². The van der Waals surface area contributed by atoms with E-state index in [0.29, 0.717) is 17.4 Å². The molecule has 1 fully saturated rings. The molecule has 0 amide bonds. The largest absolute Gasteiger partial charge is 0.313 e. The lowest BCUT2D eigenvalue weighted by atomic mass is 9.75. The molecule has 0 heterocycles. The van der Waals surface area contributed by atoms with Gasteiger partial charge in [0.2, 0.25) is 0 Å². The van der Waals surface area contributed by atoms with Gasteiger partial charge in [-0.05, 0) is 48.9 Å². The third-order valence-corrected chi connectivity index (χ3v) is 4.28. The van der Waals surface area contributed by atoms with Crippen LogP contribution in [0.3, 0.4) is 0 Å². The summed E-state index contributed by atoms with van der Waals surface area (Å²) in [6.45, 7) is 4.69. The summed E-state index contributed by atoms with van der Waals surface area (Å²) in [7, 11) is 2.00. The average Bonchev–Trinajstić information content (AvgIpc) is 2.63. The molecule has 1 saturated carbocycles. The molecule has 1 aliphatic carbocycles. The van der Waals surface area contributed by atoms with Crippen LogP contribution in [0.25, 0.3) is 0 Å². The summed E-state index contributed by atoms with van der Waals surface area (Å²) in [6, 6.07) is 7.27. The summed E-state index contributed by atoms with van der Waals surface area (Å²) in [5.41, 5.74) is 1.58. The van der Waals surface area contributed by atoms with Gasteiger partial charge in [0.05, 0.1) is 0 Å². The van der Waals surface area contributed by atoms with E-state index in [9.17, 15) is 4.39 Å². The Kier molecular flexibility index (Phi) is 3.53. The van der Waals surface area contributed by atoms with Crippen LogP contribution in [-0.2, 0) is 0 Å². The molecule has 1 N–H and O–H groups in total. The average molecular weight is 235 g/mol. The van der Waals surface area contributed by atoms with E-state index >= 15 is 0 Å². The van der Waals surface area contributed by atoms with Crippen molar-refractivity contribution in [2.45, 2.75) is 39.2 Å². The smallest absolute Gasteiger partial charge is 0.123 e. The second kappa shape index (κ2) is 4.77. The lowest BCUT2D eigenvalue weighted by Gasteiger charge is -2.34. The van der Waals surface area contributed by atoms with Crippen LogP contribution < -0.4 is 5.32 Å². The van der Waals surface area contributed by atoms with Crippen molar-refractivity contribution in [1.82, 2.24) is 5.32 Å². The SMILES string of the molecule is CNC(c1ccc(F)cc1)C1CCCC1(C)C. The highest BCUT2D eigenvalue weighted by Crippen LogP contribution is 2.48. The fraction of sp³-hybridized carbons (Fsp3) is 0.600. The van der Waals surface area contributed by atoms with Crippen molar-refractivity contribution in [3.8, 4) is 0 Å². The molecule has 0 spiro atoms. The van der Waals surface area contributed by atoms with Gasteiger partial charge in [0.1, 0.15) is 5.82 Å². The number of hydrogen-bond acceptors (Lipinski definition) is 1. The Labute approximate surface area is 103 Å².